The van der Waals surface area contributed by atoms with Gasteiger partial charge in [0.05, 0.1) is 0 Å². The van der Waals surface area contributed by atoms with Crippen molar-refractivity contribution in [3.63, 3.8) is 0 Å². The topological polar surface area (TPSA) is 15.3 Å². The summed E-state index contributed by atoms with van der Waals surface area (Å²) < 4.78 is 0. The van der Waals surface area contributed by atoms with Crippen molar-refractivity contribution < 1.29 is 0 Å². The van der Waals surface area contributed by atoms with Gasteiger partial charge in [-0.3, -0.25) is 4.90 Å². The zero-order chi connectivity index (χ0) is 12.1. The van der Waals surface area contributed by atoms with Crippen LogP contribution in [-0.4, -0.2) is 48.6 Å². The molecule has 1 fully saturated rings. The highest BCUT2D eigenvalue weighted by Crippen LogP contribution is 2.22. The summed E-state index contributed by atoms with van der Waals surface area (Å²) in [7, 11) is 0. The molecule has 0 spiro atoms. The predicted molar refractivity (Wildman–Crippen MR) is 75.2 cm³/mol. The second-order valence-electron chi connectivity index (χ2n) is 5.74. The molecule has 1 aliphatic rings. The molecule has 1 N–H and O–H groups in total. The van der Waals surface area contributed by atoms with Gasteiger partial charge in [-0.05, 0) is 18.1 Å². The number of rotatable bonds is 6. The highest BCUT2D eigenvalue weighted by Gasteiger charge is 2.31. The van der Waals surface area contributed by atoms with Crippen LogP contribution in [0.15, 0.2) is 0 Å². The fourth-order valence-corrected chi connectivity index (χ4v) is 3.40. The van der Waals surface area contributed by atoms with Gasteiger partial charge >= 0.3 is 0 Å². The van der Waals surface area contributed by atoms with E-state index in [0.29, 0.717) is 0 Å². The highest BCUT2D eigenvalue weighted by molar-refractivity contribution is 7.99. The van der Waals surface area contributed by atoms with Crippen LogP contribution in [-0.2, 0) is 0 Å². The Hall–Kier alpha value is 0.270. The van der Waals surface area contributed by atoms with Crippen LogP contribution < -0.4 is 5.32 Å². The molecule has 0 radical (unpaired) electrons. The van der Waals surface area contributed by atoms with E-state index in [0.717, 1.165) is 23.1 Å². The molecule has 0 saturated carbocycles. The first kappa shape index (κ1) is 14.3. The summed E-state index contributed by atoms with van der Waals surface area (Å²) in [5.74, 6) is 1.53. The maximum Gasteiger partial charge on any atom is 0.0351 e. The molecule has 0 amide bonds. The van der Waals surface area contributed by atoms with Crippen molar-refractivity contribution in [2.45, 2.75) is 39.0 Å². The average molecular weight is 244 g/mol. The molecule has 2 atom stereocenters. The number of hydrogen-bond acceptors (Lipinski definition) is 3. The Morgan fingerprint density at radius 3 is 2.12 bits per heavy atom. The Labute approximate surface area is 106 Å². The van der Waals surface area contributed by atoms with E-state index in [9.17, 15) is 0 Å². The molecule has 16 heavy (non-hydrogen) atoms. The minimum Gasteiger partial charge on any atom is -0.314 e. The summed E-state index contributed by atoms with van der Waals surface area (Å²) in [5.41, 5.74) is 0. The fraction of sp³-hybridized carbons (Fsp3) is 1.00. The number of nitrogens with one attached hydrogen (secondary N) is 1. The predicted octanol–water partition coefficient (Wildman–Crippen LogP) is 2.30. The highest BCUT2D eigenvalue weighted by atomic mass is 32.2. The van der Waals surface area contributed by atoms with Gasteiger partial charge in [-0.25, -0.2) is 0 Å². The van der Waals surface area contributed by atoms with E-state index in [1.54, 1.807) is 0 Å². The minimum absolute atomic E-state index is 0.736. The maximum absolute atomic E-state index is 3.54. The lowest BCUT2D eigenvalue weighted by Crippen LogP contribution is -2.45. The lowest BCUT2D eigenvalue weighted by Gasteiger charge is -2.34. The van der Waals surface area contributed by atoms with Crippen molar-refractivity contribution in [1.29, 1.82) is 0 Å². The molecule has 0 aromatic rings. The monoisotopic (exact) mass is 244 g/mol. The molecule has 1 rings (SSSR count). The number of nitrogens with zero attached hydrogens (tertiary/aromatic N) is 1. The summed E-state index contributed by atoms with van der Waals surface area (Å²) in [6.45, 7) is 14.1. The molecule has 1 aliphatic heterocycles. The van der Waals surface area contributed by atoms with Crippen molar-refractivity contribution in [1.82, 2.24) is 10.2 Å². The van der Waals surface area contributed by atoms with Crippen LogP contribution >= 0.6 is 11.8 Å². The Balaban J connectivity index is 2.59. The molecule has 1 saturated heterocycles. The fourth-order valence-electron chi connectivity index (χ4n) is 2.53. The average Bonchev–Trinajstić information content (AvgIpc) is 2.62. The Kier molecular flexibility index (Phi) is 6.16. The van der Waals surface area contributed by atoms with Gasteiger partial charge in [0.2, 0.25) is 0 Å². The molecule has 0 aromatic heterocycles. The minimum atomic E-state index is 0.736. The van der Waals surface area contributed by atoms with Crippen LogP contribution in [0.25, 0.3) is 0 Å². The van der Waals surface area contributed by atoms with E-state index in [2.05, 4.69) is 44.2 Å². The zero-order valence-corrected chi connectivity index (χ0v) is 12.3. The van der Waals surface area contributed by atoms with Gasteiger partial charge in [0.1, 0.15) is 0 Å². The molecule has 1 heterocycles. The number of thioether (sulfide) groups is 1. The Morgan fingerprint density at radius 2 is 1.69 bits per heavy atom. The largest absolute Gasteiger partial charge is 0.314 e. The van der Waals surface area contributed by atoms with Gasteiger partial charge in [0.15, 0.2) is 0 Å². The lowest BCUT2D eigenvalue weighted by molar-refractivity contribution is 0.169. The van der Waals surface area contributed by atoms with Crippen LogP contribution in [0.4, 0.5) is 0 Å². The first-order chi connectivity index (χ1) is 7.54. The first-order valence-electron chi connectivity index (χ1n) is 6.52. The van der Waals surface area contributed by atoms with Crippen LogP contribution in [0.5, 0.6) is 0 Å². The van der Waals surface area contributed by atoms with E-state index in [1.165, 1.54) is 26.2 Å². The van der Waals surface area contributed by atoms with E-state index in [-0.39, 0.29) is 0 Å². The van der Waals surface area contributed by atoms with Gasteiger partial charge in [-0.15, -0.1) is 0 Å². The van der Waals surface area contributed by atoms with Crippen molar-refractivity contribution in [3.05, 3.63) is 0 Å². The van der Waals surface area contributed by atoms with Crippen LogP contribution in [0.1, 0.15) is 27.7 Å². The summed E-state index contributed by atoms with van der Waals surface area (Å²) in [4.78, 5) is 2.70. The van der Waals surface area contributed by atoms with Gasteiger partial charge in [-0.2, -0.15) is 11.8 Å². The molecule has 0 aliphatic carbocycles. The molecular weight excluding hydrogens is 216 g/mol. The standard InChI is InChI=1S/C13H28N2S/c1-10(2)8-15(9-11(3)4)12-6-14-7-13(12)16-5/h10-14H,6-9H2,1-5H3. The van der Waals surface area contributed by atoms with Crippen LogP contribution in [0, 0.1) is 11.8 Å². The summed E-state index contributed by atoms with van der Waals surface area (Å²) in [6, 6.07) is 0.736. The van der Waals surface area contributed by atoms with Gasteiger partial charge in [-0.1, -0.05) is 27.7 Å². The van der Waals surface area contributed by atoms with Crippen molar-refractivity contribution in [3.8, 4) is 0 Å². The molecule has 2 unspecified atom stereocenters. The third kappa shape index (κ3) is 4.27. The molecule has 0 bridgehead atoms. The zero-order valence-electron chi connectivity index (χ0n) is 11.5. The molecule has 96 valence electrons. The van der Waals surface area contributed by atoms with Crippen molar-refractivity contribution >= 4 is 11.8 Å². The first-order valence-corrected chi connectivity index (χ1v) is 7.81. The molecule has 2 nitrogen and oxygen atoms in total. The second-order valence-corrected chi connectivity index (χ2v) is 6.82. The molecular formula is C13H28N2S. The van der Waals surface area contributed by atoms with Crippen molar-refractivity contribution in [2.75, 3.05) is 32.4 Å². The van der Waals surface area contributed by atoms with Crippen molar-refractivity contribution in [2.24, 2.45) is 11.8 Å². The summed E-state index contributed by atoms with van der Waals surface area (Å²) >= 11 is 2.02. The van der Waals surface area contributed by atoms with Gasteiger partial charge in [0.25, 0.3) is 0 Å². The van der Waals surface area contributed by atoms with E-state index in [1.807, 2.05) is 11.8 Å². The maximum atomic E-state index is 3.54. The van der Waals surface area contributed by atoms with E-state index >= 15 is 0 Å². The molecule has 0 aromatic carbocycles. The SMILES string of the molecule is CSC1CNCC1N(CC(C)C)CC(C)C. The number of hydrogen-bond donors (Lipinski definition) is 1. The lowest BCUT2D eigenvalue weighted by atomic mass is 10.1. The van der Waals surface area contributed by atoms with E-state index in [4.69, 9.17) is 0 Å². The van der Waals surface area contributed by atoms with E-state index < -0.39 is 0 Å². The Morgan fingerprint density at radius 1 is 1.12 bits per heavy atom. The van der Waals surface area contributed by atoms with Gasteiger partial charge < -0.3 is 5.32 Å². The Bertz CT molecular complexity index is 184. The van der Waals surface area contributed by atoms with Crippen LogP contribution in [0.2, 0.25) is 0 Å². The summed E-state index contributed by atoms with van der Waals surface area (Å²) in [6.07, 6.45) is 2.24. The van der Waals surface area contributed by atoms with Gasteiger partial charge in [0, 0.05) is 37.5 Å². The quantitative estimate of drug-likeness (QED) is 0.772. The van der Waals surface area contributed by atoms with Crippen LogP contribution in [0.3, 0.4) is 0 Å². The summed E-state index contributed by atoms with van der Waals surface area (Å²) in [5, 5.41) is 4.31. The normalized spacial score (nSPS) is 26.2. The third-order valence-corrected chi connectivity index (χ3v) is 4.19. The smallest absolute Gasteiger partial charge is 0.0351 e. The molecule has 3 heteroatoms. The third-order valence-electron chi connectivity index (χ3n) is 3.10. The second kappa shape index (κ2) is 6.87.